The molecule has 0 unspecified atom stereocenters. The van der Waals surface area contributed by atoms with Gasteiger partial charge in [-0.05, 0) is 36.8 Å². The second-order valence-corrected chi connectivity index (χ2v) is 4.67. The molecule has 0 aromatic heterocycles. The van der Waals surface area contributed by atoms with Crippen molar-refractivity contribution in [1.82, 2.24) is 0 Å². The number of nitrogens with one attached hydrogen (secondary N) is 1. The van der Waals surface area contributed by atoms with Crippen molar-refractivity contribution in [2.24, 2.45) is 0 Å². The summed E-state index contributed by atoms with van der Waals surface area (Å²) >= 11 is 0. The molecular weight excluding hydrogens is 268 g/mol. The number of nitrogens with zero attached hydrogens (tertiary/aromatic N) is 1. The van der Waals surface area contributed by atoms with E-state index < -0.39 is 6.09 Å². The molecule has 2 amide bonds. The first-order chi connectivity index (χ1) is 9.99. The second kappa shape index (κ2) is 6.09. The van der Waals surface area contributed by atoms with Gasteiger partial charge in [-0.1, -0.05) is 24.3 Å². The van der Waals surface area contributed by atoms with Gasteiger partial charge in [-0.3, -0.25) is 4.79 Å². The predicted molar refractivity (Wildman–Crippen MR) is 79.4 cm³/mol. The minimum Gasteiger partial charge on any atom is -0.530 e. The minimum absolute atomic E-state index is 0.269. The first kappa shape index (κ1) is 14.6. The molecule has 0 fully saturated rings. The third kappa shape index (κ3) is 3.39. The normalized spacial score (nSPS) is 10.0. The van der Waals surface area contributed by atoms with Gasteiger partial charge in [0.15, 0.2) is 0 Å². The zero-order valence-electron chi connectivity index (χ0n) is 11.8. The molecule has 0 radical (unpaired) electrons. The maximum absolute atomic E-state index is 12.3. The smallest absolute Gasteiger partial charge is 0.257 e. The van der Waals surface area contributed by atoms with E-state index >= 15 is 0 Å². The van der Waals surface area contributed by atoms with E-state index in [-0.39, 0.29) is 17.2 Å². The molecule has 21 heavy (non-hydrogen) atoms. The Labute approximate surface area is 122 Å². The summed E-state index contributed by atoms with van der Waals surface area (Å²) in [6.45, 7) is 1.92. The monoisotopic (exact) mass is 283 g/mol. The molecule has 0 aliphatic heterocycles. The number of anilines is 2. The van der Waals surface area contributed by atoms with Crippen LogP contribution in [-0.4, -0.2) is 19.0 Å². The zero-order valence-corrected chi connectivity index (χ0v) is 11.8. The van der Waals surface area contributed by atoms with Gasteiger partial charge in [0.05, 0.1) is 11.3 Å². The first-order valence-electron chi connectivity index (χ1n) is 6.41. The molecule has 2 aromatic carbocycles. The highest BCUT2D eigenvalue weighted by Crippen LogP contribution is 2.20. The van der Waals surface area contributed by atoms with Gasteiger partial charge in [0.1, 0.15) is 6.09 Å². The maximum atomic E-state index is 12.3. The van der Waals surface area contributed by atoms with Crippen molar-refractivity contribution in [3.8, 4) is 0 Å². The van der Waals surface area contributed by atoms with E-state index in [0.717, 1.165) is 10.5 Å². The van der Waals surface area contributed by atoms with Gasteiger partial charge in [0.2, 0.25) is 0 Å². The molecule has 0 heterocycles. The summed E-state index contributed by atoms with van der Waals surface area (Å²) in [5, 5.41) is 13.7. The lowest BCUT2D eigenvalue weighted by Crippen LogP contribution is -2.39. The molecule has 0 atom stereocenters. The number of hydrogen-bond acceptors (Lipinski definition) is 3. The van der Waals surface area contributed by atoms with E-state index in [2.05, 4.69) is 5.32 Å². The van der Waals surface area contributed by atoms with Crippen molar-refractivity contribution in [1.29, 1.82) is 0 Å². The number of para-hydroxylation sites is 1. The average Bonchev–Trinajstić information content (AvgIpc) is 2.46. The number of carboxylic acid groups (broad SMARTS) is 1. The van der Waals surface area contributed by atoms with Gasteiger partial charge < -0.3 is 20.1 Å². The lowest BCUT2D eigenvalue weighted by molar-refractivity contribution is -0.246. The van der Waals surface area contributed by atoms with Crippen LogP contribution in [0.5, 0.6) is 0 Å². The van der Waals surface area contributed by atoms with Crippen LogP contribution in [0.3, 0.4) is 0 Å². The van der Waals surface area contributed by atoms with Crippen molar-refractivity contribution in [2.45, 2.75) is 6.92 Å². The van der Waals surface area contributed by atoms with Crippen LogP contribution in [0, 0.1) is 6.92 Å². The molecule has 0 saturated heterocycles. The van der Waals surface area contributed by atoms with Crippen molar-refractivity contribution in [2.75, 3.05) is 17.3 Å². The van der Waals surface area contributed by atoms with Crippen LogP contribution in [0.2, 0.25) is 0 Å². The van der Waals surface area contributed by atoms with Crippen molar-refractivity contribution in [3.05, 3.63) is 59.7 Å². The van der Waals surface area contributed by atoms with Crippen LogP contribution in [0.15, 0.2) is 48.5 Å². The Morgan fingerprint density at radius 3 is 2.48 bits per heavy atom. The molecule has 108 valence electrons. The summed E-state index contributed by atoms with van der Waals surface area (Å²) in [6, 6.07) is 13.8. The van der Waals surface area contributed by atoms with E-state index in [1.54, 1.807) is 30.3 Å². The fourth-order valence-corrected chi connectivity index (χ4v) is 1.98. The van der Waals surface area contributed by atoms with E-state index in [9.17, 15) is 14.7 Å². The summed E-state index contributed by atoms with van der Waals surface area (Å²) in [5.74, 6) is -0.371. The molecule has 0 aliphatic carbocycles. The number of amides is 2. The van der Waals surface area contributed by atoms with Crippen molar-refractivity contribution in [3.63, 3.8) is 0 Å². The first-order valence-corrected chi connectivity index (χ1v) is 6.41. The average molecular weight is 283 g/mol. The molecule has 0 saturated carbocycles. The SMILES string of the molecule is Cc1cccc(NC(=O)c2ccccc2N(C)C(=O)[O-])c1. The molecule has 2 aromatic rings. The number of carbonyl (C=O) groups is 2. The van der Waals surface area contributed by atoms with Gasteiger partial charge in [-0.2, -0.15) is 0 Å². The molecule has 1 N–H and O–H groups in total. The molecule has 0 aliphatic rings. The zero-order chi connectivity index (χ0) is 15.4. The fourth-order valence-electron chi connectivity index (χ4n) is 1.98. The summed E-state index contributed by atoms with van der Waals surface area (Å²) in [7, 11) is 1.34. The van der Waals surface area contributed by atoms with E-state index in [0.29, 0.717) is 5.69 Å². The Hall–Kier alpha value is -2.82. The van der Waals surface area contributed by atoms with Crippen LogP contribution in [0.4, 0.5) is 16.2 Å². The fraction of sp³-hybridized carbons (Fsp3) is 0.125. The third-order valence-corrected chi connectivity index (χ3v) is 3.06. The molecule has 0 bridgehead atoms. The maximum Gasteiger partial charge on any atom is 0.257 e. The summed E-state index contributed by atoms with van der Waals surface area (Å²) < 4.78 is 0. The van der Waals surface area contributed by atoms with Crippen LogP contribution in [-0.2, 0) is 0 Å². The largest absolute Gasteiger partial charge is 0.530 e. The molecule has 5 heteroatoms. The molecule has 5 nitrogen and oxygen atoms in total. The van der Waals surface area contributed by atoms with Crippen molar-refractivity contribution < 1.29 is 14.7 Å². The molecule has 2 rings (SSSR count). The van der Waals surface area contributed by atoms with Crippen LogP contribution in [0.25, 0.3) is 0 Å². The predicted octanol–water partition coefficient (Wildman–Crippen LogP) is 2.03. The third-order valence-electron chi connectivity index (χ3n) is 3.06. The standard InChI is InChI=1S/C16H16N2O3/c1-11-6-5-7-12(10-11)17-15(19)13-8-3-4-9-14(13)18(2)16(20)21/h3-10H,1-2H3,(H,17,19)(H,20,21)/p-1. The molecule has 0 spiro atoms. The Kier molecular flexibility index (Phi) is 4.23. The summed E-state index contributed by atoms with van der Waals surface area (Å²) in [4.78, 5) is 24.2. The van der Waals surface area contributed by atoms with Crippen LogP contribution < -0.4 is 15.3 Å². The lowest BCUT2D eigenvalue weighted by atomic mass is 10.1. The Bertz CT molecular complexity index is 683. The number of rotatable bonds is 3. The summed E-state index contributed by atoms with van der Waals surface area (Å²) in [6.07, 6.45) is -1.37. The Balaban J connectivity index is 2.29. The highest BCUT2D eigenvalue weighted by Gasteiger charge is 2.14. The topological polar surface area (TPSA) is 72.5 Å². The Morgan fingerprint density at radius 1 is 1.10 bits per heavy atom. The minimum atomic E-state index is -1.37. The van der Waals surface area contributed by atoms with Gasteiger partial charge in [-0.25, -0.2) is 0 Å². The van der Waals surface area contributed by atoms with Crippen LogP contribution in [0.1, 0.15) is 15.9 Å². The van der Waals surface area contributed by atoms with Gasteiger partial charge in [0.25, 0.3) is 5.91 Å². The second-order valence-electron chi connectivity index (χ2n) is 4.67. The Morgan fingerprint density at radius 2 is 1.81 bits per heavy atom. The van der Waals surface area contributed by atoms with Gasteiger partial charge in [0, 0.05) is 12.7 Å². The van der Waals surface area contributed by atoms with E-state index in [1.807, 2.05) is 25.1 Å². The summed E-state index contributed by atoms with van der Waals surface area (Å²) in [5.41, 5.74) is 2.23. The van der Waals surface area contributed by atoms with Gasteiger partial charge >= 0.3 is 0 Å². The number of aryl methyl sites for hydroxylation is 1. The highest BCUT2D eigenvalue weighted by molar-refractivity contribution is 6.09. The van der Waals surface area contributed by atoms with Crippen molar-refractivity contribution >= 4 is 23.4 Å². The lowest BCUT2D eigenvalue weighted by Gasteiger charge is -2.22. The van der Waals surface area contributed by atoms with E-state index in [4.69, 9.17) is 0 Å². The highest BCUT2D eigenvalue weighted by atomic mass is 16.4. The molecular formula is C16H15N2O3-. The van der Waals surface area contributed by atoms with Gasteiger partial charge in [-0.15, -0.1) is 0 Å². The van der Waals surface area contributed by atoms with E-state index in [1.165, 1.54) is 7.05 Å². The number of benzene rings is 2. The van der Waals surface area contributed by atoms with Crippen LogP contribution >= 0.6 is 0 Å². The number of carbonyl (C=O) groups excluding carboxylic acids is 2. The quantitative estimate of drug-likeness (QED) is 0.936. The number of hydrogen-bond donors (Lipinski definition) is 1.